The van der Waals surface area contributed by atoms with Gasteiger partial charge in [-0.3, -0.25) is 0 Å². The first-order chi connectivity index (χ1) is 9.61. The van der Waals surface area contributed by atoms with E-state index in [1.807, 2.05) is 0 Å². The molecule has 2 heterocycles. The molecular formula is C14H19N3O3. The van der Waals surface area contributed by atoms with Crippen LogP contribution >= 0.6 is 0 Å². The molecule has 20 heavy (non-hydrogen) atoms. The van der Waals surface area contributed by atoms with Gasteiger partial charge in [0, 0.05) is 19.3 Å². The van der Waals surface area contributed by atoms with Crippen LogP contribution in [0.15, 0.2) is 18.3 Å². The number of aromatic carboxylic acids is 1. The molecule has 0 spiro atoms. The number of likely N-dealkylation sites (tertiary alicyclic amines) is 1. The van der Waals surface area contributed by atoms with Crippen LogP contribution in [0.5, 0.6) is 0 Å². The third kappa shape index (κ3) is 3.26. The highest BCUT2D eigenvalue weighted by Gasteiger charge is 2.23. The SMILES string of the molecule is CCC1CCCN(C(=O)Nc2cccnc2C(=O)O)C1. The van der Waals surface area contributed by atoms with Crippen LogP contribution in [0.3, 0.4) is 0 Å². The molecular weight excluding hydrogens is 258 g/mol. The number of anilines is 1. The average Bonchev–Trinajstić information content (AvgIpc) is 2.47. The smallest absolute Gasteiger partial charge is 0.356 e. The first-order valence-electron chi connectivity index (χ1n) is 6.86. The highest BCUT2D eigenvalue weighted by atomic mass is 16.4. The van der Waals surface area contributed by atoms with Crippen LogP contribution in [0, 0.1) is 5.92 Å². The minimum atomic E-state index is -1.15. The second-order valence-electron chi connectivity index (χ2n) is 5.00. The molecule has 1 aromatic heterocycles. The number of hydrogen-bond donors (Lipinski definition) is 2. The molecule has 6 heteroatoms. The maximum Gasteiger partial charge on any atom is 0.356 e. The topological polar surface area (TPSA) is 82.5 Å². The summed E-state index contributed by atoms with van der Waals surface area (Å²) in [6, 6.07) is 2.90. The van der Waals surface area contributed by atoms with Gasteiger partial charge in [0.2, 0.25) is 0 Å². The second-order valence-corrected chi connectivity index (χ2v) is 5.00. The van der Waals surface area contributed by atoms with Gasteiger partial charge in [-0.05, 0) is 30.9 Å². The molecule has 1 unspecified atom stereocenters. The fraction of sp³-hybridized carbons (Fsp3) is 0.500. The molecule has 1 saturated heterocycles. The molecule has 2 rings (SSSR count). The Labute approximate surface area is 117 Å². The van der Waals surface area contributed by atoms with Crippen molar-refractivity contribution in [2.75, 3.05) is 18.4 Å². The van der Waals surface area contributed by atoms with Crippen LogP contribution in [-0.4, -0.2) is 40.1 Å². The number of pyridine rings is 1. The minimum absolute atomic E-state index is 0.134. The summed E-state index contributed by atoms with van der Waals surface area (Å²) in [6.07, 6.45) is 4.59. The normalized spacial score (nSPS) is 18.6. The predicted octanol–water partition coefficient (Wildman–Crippen LogP) is 2.43. The van der Waals surface area contributed by atoms with Gasteiger partial charge in [0.25, 0.3) is 0 Å². The van der Waals surface area contributed by atoms with Crippen molar-refractivity contribution in [3.05, 3.63) is 24.0 Å². The van der Waals surface area contributed by atoms with Crippen LogP contribution in [0.4, 0.5) is 10.5 Å². The van der Waals surface area contributed by atoms with E-state index in [1.54, 1.807) is 17.0 Å². The van der Waals surface area contributed by atoms with E-state index in [4.69, 9.17) is 5.11 Å². The molecule has 0 bridgehead atoms. The number of rotatable bonds is 3. The van der Waals surface area contributed by atoms with Gasteiger partial charge < -0.3 is 15.3 Å². The van der Waals surface area contributed by atoms with Gasteiger partial charge in [-0.2, -0.15) is 0 Å². The molecule has 0 saturated carbocycles. The summed E-state index contributed by atoms with van der Waals surface area (Å²) in [5, 5.41) is 11.7. The number of hydrogen-bond acceptors (Lipinski definition) is 3. The van der Waals surface area contributed by atoms with Gasteiger partial charge in [-0.15, -0.1) is 0 Å². The monoisotopic (exact) mass is 277 g/mol. The van der Waals surface area contributed by atoms with Gasteiger partial charge >= 0.3 is 12.0 Å². The van der Waals surface area contributed by atoms with Gasteiger partial charge in [0.05, 0.1) is 5.69 Å². The van der Waals surface area contributed by atoms with Gasteiger partial charge in [-0.25, -0.2) is 14.6 Å². The molecule has 1 aromatic rings. The van der Waals surface area contributed by atoms with Crippen molar-refractivity contribution in [3.8, 4) is 0 Å². The lowest BCUT2D eigenvalue weighted by atomic mass is 9.96. The predicted molar refractivity (Wildman–Crippen MR) is 74.8 cm³/mol. The molecule has 2 amide bonds. The summed E-state index contributed by atoms with van der Waals surface area (Å²) in [5.41, 5.74) is 0.105. The molecule has 0 aliphatic carbocycles. The van der Waals surface area contributed by atoms with Crippen molar-refractivity contribution in [2.24, 2.45) is 5.92 Å². The van der Waals surface area contributed by atoms with Crippen molar-refractivity contribution in [2.45, 2.75) is 26.2 Å². The minimum Gasteiger partial charge on any atom is -0.476 e. The van der Waals surface area contributed by atoms with E-state index >= 15 is 0 Å². The molecule has 1 aliphatic rings. The molecule has 0 radical (unpaired) electrons. The molecule has 6 nitrogen and oxygen atoms in total. The van der Waals surface area contributed by atoms with Crippen molar-refractivity contribution < 1.29 is 14.7 Å². The standard InChI is InChI=1S/C14H19N3O3/c1-2-10-5-4-8-17(9-10)14(20)16-11-6-3-7-15-12(11)13(18)19/h3,6-7,10H,2,4-5,8-9H2,1H3,(H,16,20)(H,18,19). The number of urea groups is 1. The molecule has 1 fully saturated rings. The summed E-state index contributed by atoms with van der Waals surface area (Å²) < 4.78 is 0. The number of carbonyl (C=O) groups is 2. The first kappa shape index (κ1) is 14.3. The highest BCUT2D eigenvalue weighted by Crippen LogP contribution is 2.20. The van der Waals surface area contributed by atoms with E-state index in [9.17, 15) is 9.59 Å². The second kappa shape index (κ2) is 6.36. The Kier molecular flexibility index (Phi) is 4.55. The Bertz CT molecular complexity index is 504. The van der Waals surface area contributed by atoms with Gasteiger partial charge in [0.15, 0.2) is 5.69 Å². The summed E-state index contributed by atoms with van der Waals surface area (Å²) >= 11 is 0. The lowest BCUT2D eigenvalue weighted by molar-refractivity contribution is 0.0691. The van der Waals surface area contributed by atoms with E-state index in [0.29, 0.717) is 12.5 Å². The van der Waals surface area contributed by atoms with Crippen molar-refractivity contribution in [1.82, 2.24) is 9.88 Å². The first-order valence-corrected chi connectivity index (χ1v) is 6.86. The number of piperidine rings is 1. The van der Waals surface area contributed by atoms with Crippen LogP contribution in [0.1, 0.15) is 36.7 Å². The van der Waals surface area contributed by atoms with Crippen molar-refractivity contribution in [1.29, 1.82) is 0 Å². The zero-order valence-electron chi connectivity index (χ0n) is 11.5. The summed E-state index contributed by atoms with van der Waals surface area (Å²) in [7, 11) is 0. The number of aromatic nitrogens is 1. The fourth-order valence-corrected chi connectivity index (χ4v) is 2.45. The van der Waals surface area contributed by atoms with Crippen LogP contribution < -0.4 is 5.32 Å². The van der Waals surface area contributed by atoms with Crippen molar-refractivity contribution >= 4 is 17.7 Å². The lowest BCUT2D eigenvalue weighted by Gasteiger charge is -2.32. The zero-order valence-corrected chi connectivity index (χ0v) is 11.5. The summed E-state index contributed by atoms with van der Waals surface area (Å²) in [5.74, 6) is -0.617. The molecule has 1 atom stereocenters. The van der Waals surface area contributed by atoms with E-state index < -0.39 is 5.97 Å². The largest absolute Gasteiger partial charge is 0.476 e. The maximum atomic E-state index is 12.2. The Morgan fingerprint density at radius 1 is 1.55 bits per heavy atom. The van der Waals surface area contributed by atoms with E-state index in [2.05, 4.69) is 17.2 Å². The maximum absolute atomic E-state index is 12.2. The van der Waals surface area contributed by atoms with Crippen LogP contribution in [-0.2, 0) is 0 Å². The quantitative estimate of drug-likeness (QED) is 0.889. The zero-order chi connectivity index (χ0) is 14.5. The molecule has 2 N–H and O–H groups in total. The third-order valence-electron chi connectivity index (χ3n) is 3.64. The number of nitrogens with zero attached hydrogens (tertiary/aromatic N) is 2. The number of carboxylic acids is 1. The fourth-order valence-electron chi connectivity index (χ4n) is 2.45. The Hall–Kier alpha value is -2.11. The Morgan fingerprint density at radius 3 is 3.05 bits per heavy atom. The van der Waals surface area contributed by atoms with Gasteiger partial charge in [-0.1, -0.05) is 13.3 Å². The Balaban J connectivity index is 2.06. The number of carbonyl (C=O) groups excluding carboxylic acids is 1. The van der Waals surface area contributed by atoms with Crippen molar-refractivity contribution in [3.63, 3.8) is 0 Å². The van der Waals surface area contributed by atoms with E-state index in [0.717, 1.165) is 25.8 Å². The lowest BCUT2D eigenvalue weighted by Crippen LogP contribution is -2.42. The number of amides is 2. The van der Waals surface area contributed by atoms with E-state index in [-0.39, 0.29) is 17.4 Å². The summed E-state index contributed by atoms with van der Waals surface area (Å²) in [4.78, 5) is 28.8. The van der Waals surface area contributed by atoms with Crippen LogP contribution in [0.25, 0.3) is 0 Å². The Morgan fingerprint density at radius 2 is 2.35 bits per heavy atom. The highest BCUT2D eigenvalue weighted by molar-refractivity contribution is 5.98. The van der Waals surface area contributed by atoms with Crippen LogP contribution in [0.2, 0.25) is 0 Å². The molecule has 0 aromatic carbocycles. The third-order valence-corrected chi connectivity index (χ3v) is 3.64. The molecule has 1 aliphatic heterocycles. The van der Waals surface area contributed by atoms with E-state index in [1.165, 1.54) is 6.20 Å². The van der Waals surface area contributed by atoms with Gasteiger partial charge in [0.1, 0.15) is 0 Å². The molecule has 108 valence electrons. The number of nitrogens with one attached hydrogen (secondary N) is 1. The summed E-state index contributed by atoms with van der Waals surface area (Å²) in [6.45, 7) is 3.56. The number of carboxylic acid groups (broad SMARTS) is 1. The average molecular weight is 277 g/mol.